The summed E-state index contributed by atoms with van der Waals surface area (Å²) in [6.45, 7) is -1.06. The third-order valence-corrected chi connectivity index (χ3v) is 2.85. The Labute approximate surface area is 81.4 Å². The highest BCUT2D eigenvalue weighted by atomic mass is 19.3. The van der Waals surface area contributed by atoms with Crippen LogP contribution in [0.4, 0.5) is 8.78 Å². The monoisotopic (exact) mass is 198 g/mol. The first-order chi connectivity index (χ1) is 6.65. The normalized spacial score (nSPS) is 20.9. The molecule has 0 aliphatic heterocycles. The van der Waals surface area contributed by atoms with Gasteiger partial charge >= 0.3 is 0 Å². The lowest BCUT2D eigenvalue weighted by Crippen LogP contribution is -2.29. The molecule has 1 atom stereocenters. The SMILES string of the molecule is OCC(F)(F)C1CCc2ccccc21. The van der Waals surface area contributed by atoms with Gasteiger partial charge in [0, 0.05) is 0 Å². The summed E-state index contributed by atoms with van der Waals surface area (Å²) in [7, 11) is 0. The van der Waals surface area contributed by atoms with Crippen LogP contribution in [0.25, 0.3) is 0 Å². The molecule has 1 nitrogen and oxygen atoms in total. The molecule has 0 fully saturated rings. The second kappa shape index (κ2) is 3.31. The Morgan fingerprint density at radius 1 is 1.36 bits per heavy atom. The summed E-state index contributed by atoms with van der Waals surface area (Å²) >= 11 is 0. The molecule has 3 heteroatoms. The highest BCUT2D eigenvalue weighted by Crippen LogP contribution is 2.42. The first-order valence-electron chi connectivity index (χ1n) is 4.71. The van der Waals surface area contributed by atoms with Crippen molar-refractivity contribution in [2.24, 2.45) is 0 Å². The van der Waals surface area contributed by atoms with Gasteiger partial charge in [0.2, 0.25) is 0 Å². The van der Waals surface area contributed by atoms with Crippen molar-refractivity contribution in [1.82, 2.24) is 0 Å². The minimum Gasteiger partial charge on any atom is -0.390 e. The van der Waals surface area contributed by atoms with Crippen LogP contribution in [0.15, 0.2) is 24.3 Å². The van der Waals surface area contributed by atoms with E-state index in [1.165, 1.54) is 0 Å². The number of fused-ring (bicyclic) bond motifs is 1. The predicted molar refractivity (Wildman–Crippen MR) is 49.5 cm³/mol. The summed E-state index contributed by atoms with van der Waals surface area (Å²) in [6, 6.07) is 7.24. The number of aliphatic hydroxyl groups excluding tert-OH is 1. The van der Waals surface area contributed by atoms with Gasteiger partial charge in [-0.1, -0.05) is 24.3 Å². The maximum absolute atomic E-state index is 13.3. The smallest absolute Gasteiger partial charge is 0.277 e. The molecule has 1 N–H and O–H groups in total. The Morgan fingerprint density at radius 2 is 2.07 bits per heavy atom. The fraction of sp³-hybridized carbons (Fsp3) is 0.455. The quantitative estimate of drug-likeness (QED) is 0.773. The highest BCUT2D eigenvalue weighted by molar-refractivity contribution is 5.36. The average Bonchev–Trinajstić information content (AvgIpc) is 2.61. The van der Waals surface area contributed by atoms with Gasteiger partial charge in [-0.2, -0.15) is 0 Å². The summed E-state index contributed by atoms with van der Waals surface area (Å²) in [4.78, 5) is 0. The zero-order valence-electron chi connectivity index (χ0n) is 7.71. The summed E-state index contributed by atoms with van der Waals surface area (Å²) in [5, 5.41) is 8.63. The minimum absolute atomic E-state index is 0.437. The van der Waals surface area contributed by atoms with Gasteiger partial charge in [0.25, 0.3) is 5.92 Å². The highest BCUT2D eigenvalue weighted by Gasteiger charge is 2.42. The van der Waals surface area contributed by atoms with E-state index in [1.807, 2.05) is 12.1 Å². The third-order valence-electron chi connectivity index (χ3n) is 2.85. The van der Waals surface area contributed by atoms with Gasteiger partial charge in [-0.05, 0) is 24.0 Å². The topological polar surface area (TPSA) is 20.2 Å². The molecule has 0 radical (unpaired) electrons. The van der Waals surface area contributed by atoms with Crippen LogP contribution in [-0.2, 0) is 6.42 Å². The fourth-order valence-electron chi connectivity index (χ4n) is 2.11. The largest absolute Gasteiger partial charge is 0.390 e. The van der Waals surface area contributed by atoms with E-state index in [0.717, 1.165) is 5.56 Å². The Balaban J connectivity index is 2.35. The van der Waals surface area contributed by atoms with Crippen LogP contribution in [0.1, 0.15) is 23.5 Å². The Hall–Kier alpha value is -0.960. The number of halogens is 2. The van der Waals surface area contributed by atoms with Gasteiger partial charge in [-0.25, -0.2) is 8.78 Å². The van der Waals surface area contributed by atoms with Gasteiger partial charge in [-0.15, -0.1) is 0 Å². The molecule has 2 rings (SSSR count). The van der Waals surface area contributed by atoms with E-state index >= 15 is 0 Å². The van der Waals surface area contributed by atoms with E-state index in [-0.39, 0.29) is 0 Å². The van der Waals surface area contributed by atoms with Gasteiger partial charge in [0.05, 0.1) is 5.92 Å². The van der Waals surface area contributed by atoms with Gasteiger partial charge in [0.15, 0.2) is 0 Å². The Bertz CT molecular complexity index is 336. The van der Waals surface area contributed by atoms with Crippen molar-refractivity contribution in [3.05, 3.63) is 35.4 Å². The zero-order chi connectivity index (χ0) is 10.2. The summed E-state index contributed by atoms with van der Waals surface area (Å²) in [5.74, 6) is -3.78. The van der Waals surface area contributed by atoms with Crippen LogP contribution in [0, 0.1) is 0 Å². The number of alkyl halides is 2. The fourth-order valence-corrected chi connectivity index (χ4v) is 2.11. The van der Waals surface area contributed by atoms with E-state index < -0.39 is 18.4 Å². The molecule has 14 heavy (non-hydrogen) atoms. The second-order valence-corrected chi connectivity index (χ2v) is 3.71. The lowest BCUT2D eigenvalue weighted by molar-refractivity contribution is -0.0720. The molecule has 1 aromatic rings. The molecule has 0 spiro atoms. The van der Waals surface area contributed by atoms with E-state index in [1.54, 1.807) is 12.1 Å². The van der Waals surface area contributed by atoms with E-state index in [9.17, 15) is 8.78 Å². The molecule has 0 aromatic heterocycles. The molecule has 1 unspecified atom stereocenters. The summed E-state index contributed by atoms with van der Waals surface area (Å²) in [5.41, 5.74) is 1.69. The Morgan fingerprint density at radius 3 is 2.79 bits per heavy atom. The van der Waals surface area contributed by atoms with E-state index in [0.29, 0.717) is 18.4 Å². The minimum atomic E-state index is -2.98. The molecule has 0 saturated carbocycles. The molecule has 0 saturated heterocycles. The molecular weight excluding hydrogens is 186 g/mol. The first-order valence-corrected chi connectivity index (χ1v) is 4.71. The van der Waals surface area contributed by atoms with Crippen LogP contribution in [0.5, 0.6) is 0 Å². The molecule has 0 amide bonds. The number of hydrogen-bond donors (Lipinski definition) is 1. The number of rotatable bonds is 2. The van der Waals surface area contributed by atoms with Crippen LogP contribution >= 0.6 is 0 Å². The lowest BCUT2D eigenvalue weighted by Gasteiger charge is -2.21. The standard InChI is InChI=1S/C11H12F2O/c12-11(13,7-14)10-6-5-8-3-1-2-4-9(8)10/h1-4,10,14H,5-7H2. The molecular formula is C11H12F2O. The van der Waals surface area contributed by atoms with Crippen LogP contribution in [-0.4, -0.2) is 17.6 Å². The van der Waals surface area contributed by atoms with Crippen LogP contribution < -0.4 is 0 Å². The van der Waals surface area contributed by atoms with E-state index in [4.69, 9.17) is 5.11 Å². The molecule has 1 aromatic carbocycles. The van der Waals surface area contributed by atoms with Crippen molar-refractivity contribution in [3.63, 3.8) is 0 Å². The van der Waals surface area contributed by atoms with E-state index in [2.05, 4.69) is 0 Å². The second-order valence-electron chi connectivity index (χ2n) is 3.71. The lowest BCUT2D eigenvalue weighted by atomic mass is 9.95. The van der Waals surface area contributed by atoms with Crippen molar-refractivity contribution < 1.29 is 13.9 Å². The predicted octanol–water partition coefficient (Wildman–Crippen LogP) is 2.34. The molecule has 1 aliphatic rings. The third kappa shape index (κ3) is 1.42. The van der Waals surface area contributed by atoms with Crippen molar-refractivity contribution in [2.75, 3.05) is 6.61 Å². The molecule has 76 valence electrons. The van der Waals surface area contributed by atoms with Gasteiger partial charge in [-0.3, -0.25) is 0 Å². The van der Waals surface area contributed by atoms with Gasteiger partial charge in [0.1, 0.15) is 6.61 Å². The maximum atomic E-state index is 13.3. The summed E-state index contributed by atoms with van der Waals surface area (Å²) < 4.78 is 26.6. The van der Waals surface area contributed by atoms with Gasteiger partial charge < -0.3 is 5.11 Å². The number of aliphatic hydroxyl groups is 1. The zero-order valence-corrected chi connectivity index (χ0v) is 7.71. The number of benzene rings is 1. The Kier molecular flexibility index (Phi) is 2.27. The average molecular weight is 198 g/mol. The maximum Gasteiger partial charge on any atom is 0.277 e. The van der Waals surface area contributed by atoms with Crippen LogP contribution in [0.2, 0.25) is 0 Å². The van der Waals surface area contributed by atoms with Crippen molar-refractivity contribution in [3.8, 4) is 0 Å². The molecule has 1 aliphatic carbocycles. The molecule has 0 heterocycles. The van der Waals surface area contributed by atoms with Crippen molar-refractivity contribution in [2.45, 2.75) is 24.7 Å². The summed E-state index contributed by atoms with van der Waals surface area (Å²) in [6.07, 6.45) is 1.13. The molecule has 0 bridgehead atoms. The van der Waals surface area contributed by atoms with Crippen molar-refractivity contribution >= 4 is 0 Å². The number of aryl methyl sites for hydroxylation is 1. The van der Waals surface area contributed by atoms with Crippen molar-refractivity contribution in [1.29, 1.82) is 0 Å². The number of hydrogen-bond acceptors (Lipinski definition) is 1. The first kappa shape index (κ1) is 9.59. The van der Waals surface area contributed by atoms with Crippen LogP contribution in [0.3, 0.4) is 0 Å².